The minimum Gasteiger partial charge on any atom is -0.366 e. The molecule has 0 amide bonds. The van der Waals surface area contributed by atoms with Gasteiger partial charge in [-0.1, -0.05) is 42.5 Å². The minimum atomic E-state index is -0.0254. The van der Waals surface area contributed by atoms with Gasteiger partial charge >= 0.3 is 0 Å². The number of nitrogens with one attached hydrogen (secondary N) is 2. The van der Waals surface area contributed by atoms with Gasteiger partial charge < -0.3 is 10.6 Å². The molecular formula is C15H14N2OS. The van der Waals surface area contributed by atoms with E-state index in [1.165, 1.54) is 0 Å². The van der Waals surface area contributed by atoms with Crippen LogP contribution in [0.2, 0.25) is 0 Å². The highest BCUT2D eigenvalue weighted by Crippen LogP contribution is 2.19. The van der Waals surface area contributed by atoms with E-state index in [1.54, 1.807) is 25.2 Å². The predicted molar refractivity (Wildman–Crippen MR) is 81.6 cm³/mol. The molecule has 0 atom stereocenters. The topological polar surface area (TPSA) is 41.1 Å². The molecule has 19 heavy (non-hydrogen) atoms. The van der Waals surface area contributed by atoms with Crippen molar-refractivity contribution in [3.8, 4) is 0 Å². The number of hydrogen-bond donors (Lipinski definition) is 2. The summed E-state index contributed by atoms with van der Waals surface area (Å²) >= 11 is 5.07. The van der Waals surface area contributed by atoms with Crippen molar-refractivity contribution >= 4 is 28.8 Å². The maximum Gasteiger partial charge on any atom is 0.195 e. The van der Waals surface area contributed by atoms with Crippen molar-refractivity contribution in [2.45, 2.75) is 0 Å². The Morgan fingerprint density at radius 1 is 1.00 bits per heavy atom. The van der Waals surface area contributed by atoms with E-state index in [0.29, 0.717) is 21.9 Å². The summed E-state index contributed by atoms with van der Waals surface area (Å²) in [6, 6.07) is 16.5. The van der Waals surface area contributed by atoms with Crippen molar-refractivity contribution in [3.63, 3.8) is 0 Å². The van der Waals surface area contributed by atoms with Crippen molar-refractivity contribution < 1.29 is 4.79 Å². The molecule has 0 aromatic heterocycles. The molecule has 0 unspecified atom stereocenters. The number of para-hydroxylation sites is 1. The lowest BCUT2D eigenvalue weighted by Gasteiger charge is -2.11. The van der Waals surface area contributed by atoms with Gasteiger partial charge in [-0.3, -0.25) is 4.79 Å². The van der Waals surface area contributed by atoms with Gasteiger partial charge in [0.05, 0.1) is 5.69 Å². The molecule has 0 radical (unpaired) electrons. The van der Waals surface area contributed by atoms with Crippen LogP contribution < -0.4 is 10.6 Å². The van der Waals surface area contributed by atoms with Crippen LogP contribution >= 0.6 is 12.2 Å². The largest absolute Gasteiger partial charge is 0.366 e. The highest BCUT2D eigenvalue weighted by atomic mass is 32.1. The Morgan fingerprint density at radius 2 is 1.63 bits per heavy atom. The zero-order valence-corrected chi connectivity index (χ0v) is 11.3. The normalized spacial score (nSPS) is 9.74. The van der Waals surface area contributed by atoms with Crippen LogP contribution in [0.15, 0.2) is 54.6 Å². The van der Waals surface area contributed by atoms with E-state index < -0.39 is 0 Å². The zero-order valence-electron chi connectivity index (χ0n) is 10.5. The molecule has 0 heterocycles. The summed E-state index contributed by atoms with van der Waals surface area (Å²) < 4.78 is 0. The Kier molecular flexibility index (Phi) is 4.26. The molecule has 0 saturated carbocycles. The van der Waals surface area contributed by atoms with E-state index in [2.05, 4.69) is 10.6 Å². The Bertz CT molecular complexity index is 596. The summed E-state index contributed by atoms with van der Waals surface area (Å²) in [5.74, 6) is -0.0254. The van der Waals surface area contributed by atoms with Gasteiger partial charge in [-0.15, -0.1) is 0 Å². The number of rotatable bonds is 3. The fraction of sp³-hybridized carbons (Fsp3) is 0.0667. The van der Waals surface area contributed by atoms with Crippen molar-refractivity contribution in [2.75, 3.05) is 12.4 Å². The van der Waals surface area contributed by atoms with Gasteiger partial charge in [-0.2, -0.15) is 0 Å². The van der Waals surface area contributed by atoms with Gasteiger partial charge in [-0.25, -0.2) is 0 Å². The second kappa shape index (κ2) is 6.11. The first-order valence-corrected chi connectivity index (χ1v) is 6.30. The van der Waals surface area contributed by atoms with Crippen LogP contribution in [-0.2, 0) is 0 Å². The van der Waals surface area contributed by atoms with Gasteiger partial charge in [0.25, 0.3) is 0 Å². The average molecular weight is 270 g/mol. The second-order valence-corrected chi connectivity index (χ2v) is 4.35. The molecule has 0 fully saturated rings. The Balaban J connectivity index is 2.35. The molecule has 4 heteroatoms. The molecule has 96 valence electrons. The third kappa shape index (κ3) is 3.17. The van der Waals surface area contributed by atoms with Crippen LogP contribution in [-0.4, -0.2) is 17.9 Å². The number of carbonyl (C=O) groups excluding carboxylic acids is 1. The van der Waals surface area contributed by atoms with Crippen molar-refractivity contribution in [1.29, 1.82) is 0 Å². The lowest BCUT2D eigenvalue weighted by Crippen LogP contribution is -2.25. The summed E-state index contributed by atoms with van der Waals surface area (Å²) in [6.45, 7) is 0. The molecule has 2 N–H and O–H groups in total. The summed E-state index contributed by atoms with van der Waals surface area (Å²) in [5, 5.41) is 6.32. The summed E-state index contributed by atoms with van der Waals surface area (Å²) in [5.41, 5.74) is 1.97. The molecule has 0 aliphatic rings. The average Bonchev–Trinajstić information content (AvgIpc) is 2.48. The lowest BCUT2D eigenvalue weighted by atomic mass is 10.0. The van der Waals surface area contributed by atoms with E-state index in [1.807, 2.05) is 36.4 Å². The zero-order chi connectivity index (χ0) is 13.7. The first-order chi connectivity index (χ1) is 9.22. The summed E-state index contributed by atoms with van der Waals surface area (Å²) in [7, 11) is 1.73. The number of benzene rings is 2. The molecule has 0 bridgehead atoms. The third-order valence-electron chi connectivity index (χ3n) is 2.68. The van der Waals surface area contributed by atoms with Gasteiger partial charge in [0, 0.05) is 18.2 Å². The summed E-state index contributed by atoms with van der Waals surface area (Å²) in [6.07, 6.45) is 0. The van der Waals surface area contributed by atoms with E-state index in [4.69, 9.17) is 12.2 Å². The van der Waals surface area contributed by atoms with Crippen LogP contribution in [0.1, 0.15) is 15.9 Å². The Labute approximate surface area is 117 Å². The second-order valence-electron chi connectivity index (χ2n) is 3.94. The Morgan fingerprint density at radius 3 is 2.32 bits per heavy atom. The van der Waals surface area contributed by atoms with E-state index in [-0.39, 0.29) is 5.78 Å². The number of thiocarbonyl (C=S) groups is 1. The molecule has 0 saturated heterocycles. The predicted octanol–water partition coefficient (Wildman–Crippen LogP) is 2.83. The highest BCUT2D eigenvalue weighted by Gasteiger charge is 2.13. The number of hydrogen-bond acceptors (Lipinski definition) is 2. The SMILES string of the molecule is CNC(=S)Nc1ccccc1C(=O)c1ccccc1. The molecule has 2 rings (SSSR count). The number of ketones is 1. The first kappa shape index (κ1) is 13.2. The maximum atomic E-state index is 12.4. The van der Waals surface area contributed by atoms with Crippen LogP contribution in [0.25, 0.3) is 0 Å². The minimum absolute atomic E-state index is 0.0254. The van der Waals surface area contributed by atoms with Gasteiger partial charge in [-0.05, 0) is 24.4 Å². The van der Waals surface area contributed by atoms with Gasteiger partial charge in [0.2, 0.25) is 0 Å². The lowest BCUT2D eigenvalue weighted by molar-refractivity contribution is 0.103. The van der Waals surface area contributed by atoms with E-state index in [0.717, 1.165) is 0 Å². The van der Waals surface area contributed by atoms with Crippen LogP contribution in [0.3, 0.4) is 0 Å². The standard InChI is InChI=1S/C15H14N2OS/c1-16-15(19)17-13-10-6-5-9-12(13)14(18)11-7-3-2-4-8-11/h2-10H,1H3,(H2,16,17,19). The van der Waals surface area contributed by atoms with E-state index in [9.17, 15) is 4.79 Å². The molecule has 0 spiro atoms. The summed E-state index contributed by atoms with van der Waals surface area (Å²) in [4.78, 5) is 12.4. The first-order valence-electron chi connectivity index (χ1n) is 5.90. The fourth-order valence-electron chi connectivity index (χ4n) is 1.72. The van der Waals surface area contributed by atoms with Crippen LogP contribution in [0, 0.1) is 0 Å². The molecule has 2 aromatic carbocycles. The molecule has 3 nitrogen and oxygen atoms in total. The van der Waals surface area contributed by atoms with Crippen LogP contribution in [0.4, 0.5) is 5.69 Å². The van der Waals surface area contributed by atoms with E-state index >= 15 is 0 Å². The smallest absolute Gasteiger partial charge is 0.195 e. The quantitative estimate of drug-likeness (QED) is 0.665. The molecule has 0 aliphatic heterocycles. The van der Waals surface area contributed by atoms with Gasteiger partial charge in [0.1, 0.15) is 0 Å². The highest BCUT2D eigenvalue weighted by molar-refractivity contribution is 7.80. The van der Waals surface area contributed by atoms with Crippen molar-refractivity contribution in [1.82, 2.24) is 5.32 Å². The fourth-order valence-corrected chi connectivity index (χ4v) is 1.83. The number of anilines is 1. The molecule has 0 aliphatic carbocycles. The molecule has 2 aromatic rings. The van der Waals surface area contributed by atoms with Crippen LogP contribution in [0.5, 0.6) is 0 Å². The monoisotopic (exact) mass is 270 g/mol. The Hall–Kier alpha value is -2.20. The third-order valence-corrected chi connectivity index (χ3v) is 2.99. The maximum absolute atomic E-state index is 12.4. The van der Waals surface area contributed by atoms with Gasteiger partial charge in [0.15, 0.2) is 10.9 Å². The van der Waals surface area contributed by atoms with Crippen molar-refractivity contribution in [3.05, 3.63) is 65.7 Å². The molecular weight excluding hydrogens is 256 g/mol. The number of carbonyl (C=O) groups is 1. The van der Waals surface area contributed by atoms with Crippen molar-refractivity contribution in [2.24, 2.45) is 0 Å².